The van der Waals surface area contributed by atoms with Crippen LogP contribution in [0.15, 0.2) is 51.9 Å². The lowest BCUT2D eigenvalue weighted by Gasteiger charge is -2.14. The zero-order valence-corrected chi connectivity index (χ0v) is 17.8. The molecule has 1 N–H and O–H groups in total. The molecule has 30 heavy (non-hydrogen) atoms. The molecule has 0 saturated carbocycles. The number of nitrogens with zero attached hydrogens (tertiary/aromatic N) is 3. The first-order chi connectivity index (χ1) is 14.3. The van der Waals surface area contributed by atoms with E-state index in [0.717, 1.165) is 24.0 Å². The Balaban J connectivity index is 1.52. The quantitative estimate of drug-likeness (QED) is 0.650. The Labute approximate surface area is 175 Å². The predicted octanol–water partition coefficient (Wildman–Crippen LogP) is 3.18. The molecule has 4 rings (SSSR count). The molecule has 3 heterocycles. The first-order valence-corrected chi connectivity index (χ1v) is 11.3. The second kappa shape index (κ2) is 8.08. The fraction of sp³-hybridized carbons (Fsp3) is 0.333. The van der Waals surface area contributed by atoms with Crippen LogP contribution in [0.25, 0.3) is 0 Å². The average molecular weight is 429 g/mol. The van der Waals surface area contributed by atoms with Crippen molar-refractivity contribution in [1.29, 1.82) is 0 Å². The molecule has 1 aliphatic heterocycles. The first kappa shape index (κ1) is 20.4. The van der Waals surface area contributed by atoms with Gasteiger partial charge in [0.15, 0.2) is 5.76 Å². The van der Waals surface area contributed by atoms with Crippen LogP contribution in [0.1, 0.15) is 40.3 Å². The summed E-state index contributed by atoms with van der Waals surface area (Å²) in [7, 11) is -3.66. The minimum Gasteiger partial charge on any atom is -0.455 e. The van der Waals surface area contributed by atoms with E-state index in [4.69, 9.17) is 4.42 Å². The van der Waals surface area contributed by atoms with Crippen LogP contribution in [0.3, 0.4) is 0 Å². The lowest BCUT2D eigenvalue weighted by Crippen LogP contribution is -2.28. The normalized spacial score (nSPS) is 14.9. The Morgan fingerprint density at radius 3 is 2.67 bits per heavy atom. The number of aryl methyl sites for hydroxylation is 2. The molecule has 2 aromatic heterocycles. The minimum absolute atomic E-state index is 0.0443. The molecule has 1 fully saturated rings. The Morgan fingerprint density at radius 2 is 1.93 bits per heavy atom. The van der Waals surface area contributed by atoms with Gasteiger partial charge in [0, 0.05) is 25.2 Å². The highest BCUT2D eigenvalue weighted by Gasteiger charge is 2.31. The maximum Gasteiger partial charge on any atom is 0.292 e. The van der Waals surface area contributed by atoms with Gasteiger partial charge in [0.2, 0.25) is 10.0 Å². The number of amides is 1. The number of sulfonamides is 1. The second-order valence-corrected chi connectivity index (χ2v) is 9.37. The third-order valence-electron chi connectivity index (χ3n) is 5.15. The van der Waals surface area contributed by atoms with Gasteiger partial charge < -0.3 is 9.73 Å². The molecule has 3 aromatic rings. The molecule has 1 aliphatic rings. The van der Waals surface area contributed by atoms with Crippen molar-refractivity contribution in [3.8, 4) is 0 Å². The molecular formula is C21H24N4O4S. The highest BCUT2D eigenvalue weighted by Crippen LogP contribution is 2.27. The molecule has 0 aliphatic carbocycles. The van der Waals surface area contributed by atoms with Crippen molar-refractivity contribution in [2.24, 2.45) is 0 Å². The van der Waals surface area contributed by atoms with E-state index in [0.29, 0.717) is 25.5 Å². The third-order valence-corrected chi connectivity index (χ3v) is 7.16. The number of nitrogens with one attached hydrogen (secondary N) is 1. The van der Waals surface area contributed by atoms with E-state index in [1.165, 1.54) is 10.4 Å². The zero-order valence-electron chi connectivity index (χ0n) is 17.0. The maximum atomic E-state index is 12.8. The number of anilines is 1. The monoisotopic (exact) mass is 428 g/mol. The summed E-state index contributed by atoms with van der Waals surface area (Å²) >= 11 is 0. The van der Waals surface area contributed by atoms with Gasteiger partial charge in [-0.15, -0.1) is 0 Å². The molecule has 9 heteroatoms. The second-order valence-electron chi connectivity index (χ2n) is 7.46. The topological polar surface area (TPSA) is 97.4 Å². The third kappa shape index (κ3) is 4.03. The molecule has 0 atom stereocenters. The summed E-state index contributed by atoms with van der Waals surface area (Å²) in [5.74, 6) is 0.139. The van der Waals surface area contributed by atoms with Crippen molar-refractivity contribution in [2.75, 3.05) is 18.4 Å². The van der Waals surface area contributed by atoms with Crippen LogP contribution >= 0.6 is 0 Å². The number of rotatable bonds is 6. The summed E-state index contributed by atoms with van der Waals surface area (Å²) in [6.45, 7) is 5.05. The maximum absolute atomic E-state index is 12.8. The van der Waals surface area contributed by atoms with Gasteiger partial charge in [-0.1, -0.05) is 29.8 Å². The molecule has 0 spiro atoms. The number of furan rings is 1. The van der Waals surface area contributed by atoms with Gasteiger partial charge in [0.1, 0.15) is 16.5 Å². The van der Waals surface area contributed by atoms with E-state index >= 15 is 0 Å². The van der Waals surface area contributed by atoms with Crippen molar-refractivity contribution in [3.63, 3.8) is 0 Å². The van der Waals surface area contributed by atoms with Gasteiger partial charge in [-0.3, -0.25) is 4.79 Å². The smallest absolute Gasteiger partial charge is 0.292 e. The van der Waals surface area contributed by atoms with E-state index in [1.807, 2.05) is 25.1 Å². The van der Waals surface area contributed by atoms with E-state index in [9.17, 15) is 13.2 Å². The largest absolute Gasteiger partial charge is 0.455 e. The molecule has 0 radical (unpaired) electrons. The summed E-state index contributed by atoms with van der Waals surface area (Å²) in [4.78, 5) is 12.8. The fourth-order valence-corrected chi connectivity index (χ4v) is 5.31. The Bertz CT molecular complexity index is 1170. The molecule has 1 aromatic carbocycles. The van der Waals surface area contributed by atoms with Crippen molar-refractivity contribution in [3.05, 3.63) is 65.2 Å². The fourth-order valence-electron chi connectivity index (χ4n) is 3.63. The van der Waals surface area contributed by atoms with Gasteiger partial charge in [-0.05, 0) is 32.3 Å². The van der Waals surface area contributed by atoms with Crippen LogP contribution in [0.4, 0.5) is 5.82 Å². The summed E-state index contributed by atoms with van der Waals surface area (Å²) < 4.78 is 34.2. The standard InChI is InChI=1S/C21H24N4O4S/c1-15-6-5-7-17(12-15)14-25-20(8-9-22-25)23-21(26)18-13-19(16(2)29-18)30(27,28)24-10-3-4-11-24/h5-9,12-13H,3-4,10-11,14H2,1-2H3,(H,23,26). The van der Waals surface area contributed by atoms with Crippen LogP contribution in [-0.2, 0) is 16.6 Å². The number of benzene rings is 1. The molecular weight excluding hydrogens is 404 g/mol. The molecule has 1 amide bonds. The van der Waals surface area contributed by atoms with Crippen molar-refractivity contribution < 1.29 is 17.6 Å². The number of carbonyl (C=O) groups is 1. The molecule has 0 bridgehead atoms. The molecule has 1 saturated heterocycles. The number of aromatic nitrogens is 2. The van der Waals surface area contributed by atoms with E-state index in [1.54, 1.807) is 23.9 Å². The SMILES string of the molecule is Cc1cccc(Cn2nccc2NC(=O)c2cc(S(=O)(=O)N3CCCC3)c(C)o2)c1. The lowest BCUT2D eigenvalue weighted by atomic mass is 10.1. The number of carbonyl (C=O) groups excluding carboxylic acids is 1. The number of hydrogen-bond donors (Lipinski definition) is 1. The Morgan fingerprint density at radius 1 is 1.17 bits per heavy atom. The van der Waals surface area contributed by atoms with E-state index in [-0.39, 0.29) is 16.4 Å². The van der Waals surface area contributed by atoms with Gasteiger partial charge >= 0.3 is 0 Å². The van der Waals surface area contributed by atoms with Crippen molar-refractivity contribution in [2.45, 2.75) is 38.1 Å². The van der Waals surface area contributed by atoms with Crippen LogP contribution in [0.5, 0.6) is 0 Å². The predicted molar refractivity (Wildman–Crippen MR) is 112 cm³/mol. The Kier molecular flexibility index (Phi) is 5.48. The first-order valence-electron chi connectivity index (χ1n) is 9.84. The highest BCUT2D eigenvalue weighted by atomic mass is 32.2. The lowest BCUT2D eigenvalue weighted by molar-refractivity contribution is 0.0994. The molecule has 158 valence electrons. The van der Waals surface area contributed by atoms with Crippen LogP contribution in [0, 0.1) is 13.8 Å². The van der Waals surface area contributed by atoms with Crippen LogP contribution in [0.2, 0.25) is 0 Å². The summed E-state index contributed by atoms with van der Waals surface area (Å²) in [5.41, 5.74) is 2.20. The van der Waals surface area contributed by atoms with Gasteiger partial charge in [-0.2, -0.15) is 9.40 Å². The van der Waals surface area contributed by atoms with Crippen LogP contribution in [-0.4, -0.2) is 41.5 Å². The van der Waals surface area contributed by atoms with E-state index < -0.39 is 15.9 Å². The summed E-state index contributed by atoms with van der Waals surface area (Å²) in [6.07, 6.45) is 3.28. The average Bonchev–Trinajstić information content (AvgIpc) is 3.44. The summed E-state index contributed by atoms with van der Waals surface area (Å²) in [6, 6.07) is 11.0. The van der Waals surface area contributed by atoms with Gasteiger partial charge in [-0.25, -0.2) is 13.1 Å². The minimum atomic E-state index is -3.66. The highest BCUT2D eigenvalue weighted by molar-refractivity contribution is 7.89. The van der Waals surface area contributed by atoms with Crippen molar-refractivity contribution in [1.82, 2.24) is 14.1 Å². The van der Waals surface area contributed by atoms with Gasteiger partial charge in [0.05, 0.1) is 12.7 Å². The summed E-state index contributed by atoms with van der Waals surface area (Å²) in [5, 5.41) is 7.03. The Hall–Kier alpha value is -2.91. The van der Waals surface area contributed by atoms with Crippen molar-refractivity contribution >= 4 is 21.7 Å². The zero-order chi connectivity index (χ0) is 21.3. The van der Waals surface area contributed by atoms with Crippen LogP contribution < -0.4 is 5.32 Å². The van der Waals surface area contributed by atoms with E-state index in [2.05, 4.69) is 16.5 Å². The molecule has 0 unspecified atom stereocenters. The number of hydrogen-bond acceptors (Lipinski definition) is 5. The van der Waals surface area contributed by atoms with Gasteiger partial charge in [0.25, 0.3) is 5.91 Å². The molecule has 8 nitrogen and oxygen atoms in total.